The quantitative estimate of drug-likeness (QED) is 0.880. The molecule has 0 saturated carbocycles. The molecule has 1 aromatic heterocycles. The number of para-hydroxylation sites is 1. The van der Waals surface area contributed by atoms with Crippen LogP contribution >= 0.6 is 11.3 Å². The number of methoxy groups -OCH3 is 1. The zero-order valence-corrected chi connectivity index (χ0v) is 11.7. The molecule has 0 aliphatic heterocycles. The maximum Gasteiger partial charge on any atom is 0.224 e. The molecule has 0 fully saturated rings. The van der Waals surface area contributed by atoms with Gasteiger partial charge in [-0.2, -0.15) is 11.3 Å². The normalized spacial score (nSPS) is 10.2. The van der Waals surface area contributed by atoms with E-state index in [0.717, 1.165) is 23.3 Å². The second-order valence-corrected chi connectivity index (χ2v) is 5.00. The zero-order chi connectivity index (χ0) is 13.5. The van der Waals surface area contributed by atoms with Crippen molar-refractivity contribution in [2.24, 2.45) is 0 Å². The number of amides is 1. The first-order valence-corrected chi connectivity index (χ1v) is 7.13. The van der Waals surface area contributed by atoms with Crippen LogP contribution in [0.15, 0.2) is 41.1 Å². The average Bonchev–Trinajstić information content (AvgIpc) is 2.92. The molecule has 2 rings (SSSR count). The molecule has 1 amide bonds. The van der Waals surface area contributed by atoms with Crippen LogP contribution in [-0.2, 0) is 17.6 Å². The summed E-state index contributed by atoms with van der Waals surface area (Å²) in [6.45, 7) is 0.628. The minimum Gasteiger partial charge on any atom is -0.496 e. The smallest absolute Gasteiger partial charge is 0.224 e. The summed E-state index contributed by atoms with van der Waals surface area (Å²) in [5.41, 5.74) is 2.18. The van der Waals surface area contributed by atoms with E-state index in [1.807, 2.05) is 41.1 Å². The van der Waals surface area contributed by atoms with Crippen molar-refractivity contribution in [2.75, 3.05) is 13.7 Å². The van der Waals surface area contributed by atoms with E-state index in [1.165, 1.54) is 0 Å². The summed E-state index contributed by atoms with van der Waals surface area (Å²) in [7, 11) is 1.66. The van der Waals surface area contributed by atoms with Gasteiger partial charge in [0.05, 0.1) is 13.5 Å². The second kappa shape index (κ2) is 6.95. The van der Waals surface area contributed by atoms with E-state index in [4.69, 9.17) is 4.74 Å². The number of ether oxygens (including phenoxy) is 1. The topological polar surface area (TPSA) is 38.3 Å². The van der Waals surface area contributed by atoms with Crippen molar-refractivity contribution in [3.63, 3.8) is 0 Å². The van der Waals surface area contributed by atoms with Crippen LogP contribution in [0.4, 0.5) is 0 Å². The van der Waals surface area contributed by atoms with Crippen molar-refractivity contribution in [1.82, 2.24) is 5.32 Å². The predicted octanol–water partition coefficient (Wildman–Crippen LogP) is 2.66. The second-order valence-electron chi connectivity index (χ2n) is 4.22. The Morgan fingerprint density at radius 1 is 1.32 bits per heavy atom. The van der Waals surface area contributed by atoms with E-state index >= 15 is 0 Å². The van der Waals surface area contributed by atoms with Gasteiger partial charge in [0.15, 0.2) is 0 Å². The van der Waals surface area contributed by atoms with Gasteiger partial charge in [0.25, 0.3) is 0 Å². The molecule has 2 aromatic rings. The van der Waals surface area contributed by atoms with Gasteiger partial charge >= 0.3 is 0 Å². The van der Waals surface area contributed by atoms with Crippen molar-refractivity contribution in [1.29, 1.82) is 0 Å². The Morgan fingerprint density at radius 2 is 2.16 bits per heavy atom. The molecule has 0 saturated heterocycles. The zero-order valence-electron chi connectivity index (χ0n) is 10.9. The molecular weight excluding hydrogens is 258 g/mol. The molecule has 0 atom stereocenters. The molecule has 0 bridgehead atoms. The Kier molecular flexibility index (Phi) is 4.98. The largest absolute Gasteiger partial charge is 0.496 e. The molecule has 4 heteroatoms. The van der Waals surface area contributed by atoms with Crippen molar-refractivity contribution < 1.29 is 9.53 Å². The van der Waals surface area contributed by atoms with Gasteiger partial charge in [-0.15, -0.1) is 0 Å². The predicted molar refractivity (Wildman–Crippen MR) is 77.7 cm³/mol. The molecule has 0 aliphatic carbocycles. The number of hydrogen-bond acceptors (Lipinski definition) is 3. The summed E-state index contributed by atoms with van der Waals surface area (Å²) >= 11 is 1.61. The van der Waals surface area contributed by atoms with Gasteiger partial charge in [-0.05, 0) is 40.4 Å². The minimum absolute atomic E-state index is 0.0632. The lowest BCUT2D eigenvalue weighted by Crippen LogP contribution is -2.27. The fourth-order valence-electron chi connectivity index (χ4n) is 1.89. The van der Waals surface area contributed by atoms with Crippen molar-refractivity contribution in [3.05, 3.63) is 52.2 Å². The van der Waals surface area contributed by atoms with E-state index < -0.39 is 0 Å². The van der Waals surface area contributed by atoms with Crippen molar-refractivity contribution >= 4 is 17.2 Å². The lowest BCUT2D eigenvalue weighted by molar-refractivity contribution is -0.120. The standard InChI is InChI=1S/C15H17NO2S/c1-18-14-5-3-2-4-13(14)6-8-16-15(17)10-12-7-9-19-11-12/h2-5,7,9,11H,6,8,10H2,1H3,(H,16,17). The number of nitrogens with one attached hydrogen (secondary N) is 1. The van der Waals surface area contributed by atoms with Gasteiger partial charge in [0, 0.05) is 6.54 Å². The maximum absolute atomic E-state index is 11.7. The minimum atomic E-state index is 0.0632. The Morgan fingerprint density at radius 3 is 2.89 bits per heavy atom. The van der Waals surface area contributed by atoms with Gasteiger partial charge in [0.2, 0.25) is 5.91 Å². The first-order valence-electron chi connectivity index (χ1n) is 6.19. The number of carbonyl (C=O) groups excluding carboxylic acids is 1. The fourth-order valence-corrected chi connectivity index (χ4v) is 2.56. The number of hydrogen-bond donors (Lipinski definition) is 1. The summed E-state index contributed by atoms with van der Waals surface area (Å²) in [5, 5.41) is 6.91. The summed E-state index contributed by atoms with van der Waals surface area (Å²) in [5.74, 6) is 0.933. The maximum atomic E-state index is 11.7. The number of thiophene rings is 1. The van der Waals surface area contributed by atoms with E-state index in [9.17, 15) is 4.79 Å². The van der Waals surface area contributed by atoms with Crippen LogP contribution in [0.1, 0.15) is 11.1 Å². The van der Waals surface area contributed by atoms with Crippen LogP contribution < -0.4 is 10.1 Å². The third-order valence-corrected chi connectivity index (χ3v) is 3.59. The molecule has 1 heterocycles. The highest BCUT2D eigenvalue weighted by Gasteiger charge is 2.05. The summed E-state index contributed by atoms with van der Waals surface area (Å²) in [4.78, 5) is 11.7. The highest BCUT2D eigenvalue weighted by atomic mass is 32.1. The van der Waals surface area contributed by atoms with E-state index in [1.54, 1.807) is 18.4 Å². The molecule has 0 radical (unpaired) electrons. The summed E-state index contributed by atoms with van der Waals surface area (Å²) in [6, 6.07) is 9.85. The number of benzene rings is 1. The molecule has 1 N–H and O–H groups in total. The Balaban J connectivity index is 1.78. The monoisotopic (exact) mass is 275 g/mol. The Hall–Kier alpha value is -1.81. The number of carbonyl (C=O) groups is 1. The van der Waals surface area contributed by atoms with Crippen LogP contribution in [-0.4, -0.2) is 19.6 Å². The molecule has 3 nitrogen and oxygen atoms in total. The van der Waals surface area contributed by atoms with Crippen LogP contribution in [0, 0.1) is 0 Å². The lowest BCUT2D eigenvalue weighted by Gasteiger charge is -2.08. The molecule has 0 unspecified atom stereocenters. The van der Waals surface area contributed by atoms with E-state index in [-0.39, 0.29) is 5.91 Å². The highest BCUT2D eigenvalue weighted by Crippen LogP contribution is 2.17. The third-order valence-electron chi connectivity index (χ3n) is 2.85. The molecule has 0 aliphatic rings. The first kappa shape index (κ1) is 13.6. The molecule has 100 valence electrons. The molecular formula is C15H17NO2S. The van der Waals surface area contributed by atoms with Crippen LogP contribution in [0.5, 0.6) is 5.75 Å². The SMILES string of the molecule is COc1ccccc1CCNC(=O)Cc1ccsc1. The van der Waals surface area contributed by atoms with E-state index in [0.29, 0.717) is 13.0 Å². The van der Waals surface area contributed by atoms with Crippen LogP contribution in [0.25, 0.3) is 0 Å². The molecule has 0 spiro atoms. The fraction of sp³-hybridized carbons (Fsp3) is 0.267. The number of rotatable bonds is 6. The highest BCUT2D eigenvalue weighted by molar-refractivity contribution is 7.07. The Bertz CT molecular complexity index is 523. The van der Waals surface area contributed by atoms with Gasteiger partial charge in [-0.1, -0.05) is 18.2 Å². The van der Waals surface area contributed by atoms with Crippen molar-refractivity contribution in [3.8, 4) is 5.75 Å². The van der Waals surface area contributed by atoms with Gasteiger partial charge in [-0.3, -0.25) is 4.79 Å². The third kappa shape index (κ3) is 4.10. The summed E-state index contributed by atoms with van der Waals surface area (Å²) in [6.07, 6.45) is 1.23. The first-order chi connectivity index (χ1) is 9.29. The summed E-state index contributed by atoms with van der Waals surface area (Å²) < 4.78 is 5.28. The van der Waals surface area contributed by atoms with E-state index in [2.05, 4.69) is 5.32 Å². The van der Waals surface area contributed by atoms with Crippen molar-refractivity contribution in [2.45, 2.75) is 12.8 Å². The van der Waals surface area contributed by atoms with Gasteiger partial charge in [-0.25, -0.2) is 0 Å². The van der Waals surface area contributed by atoms with Gasteiger partial charge < -0.3 is 10.1 Å². The molecule has 19 heavy (non-hydrogen) atoms. The van der Waals surface area contributed by atoms with Crippen LogP contribution in [0.3, 0.4) is 0 Å². The van der Waals surface area contributed by atoms with Gasteiger partial charge in [0.1, 0.15) is 5.75 Å². The Labute approximate surface area is 117 Å². The average molecular weight is 275 g/mol. The lowest BCUT2D eigenvalue weighted by atomic mass is 10.1. The van der Waals surface area contributed by atoms with Crippen LogP contribution in [0.2, 0.25) is 0 Å². The molecule has 1 aromatic carbocycles.